The number of hydrogen-bond donors (Lipinski definition) is 1. The average molecular weight is 346 g/mol. The molecule has 0 aliphatic carbocycles. The molecule has 21 heavy (non-hydrogen) atoms. The fraction of sp³-hybridized carbons (Fsp3) is 0.235. The topological polar surface area (TPSA) is 40.5 Å². The Hall–Kier alpha value is -1.81. The summed E-state index contributed by atoms with van der Waals surface area (Å²) in [5, 5.41) is 9.10. The third-order valence-electron chi connectivity index (χ3n) is 3.80. The highest BCUT2D eigenvalue weighted by molar-refractivity contribution is 9.10. The number of aromatic carboxylic acids is 1. The Morgan fingerprint density at radius 1 is 1.24 bits per heavy atom. The van der Waals surface area contributed by atoms with Crippen molar-refractivity contribution in [3.05, 3.63) is 63.6 Å². The molecular formula is C17H16BrNO2. The zero-order valence-electron chi connectivity index (χ0n) is 11.6. The Balaban J connectivity index is 1.88. The number of carbonyl (C=O) groups is 1. The number of halogens is 1. The molecule has 0 radical (unpaired) electrons. The number of carboxylic acids is 1. The van der Waals surface area contributed by atoms with Gasteiger partial charge in [0.25, 0.3) is 0 Å². The van der Waals surface area contributed by atoms with Gasteiger partial charge in [-0.3, -0.25) is 0 Å². The predicted octanol–water partition coefficient (Wildman–Crippen LogP) is 4.10. The minimum Gasteiger partial charge on any atom is -0.478 e. The van der Waals surface area contributed by atoms with E-state index in [0.717, 1.165) is 41.7 Å². The number of anilines is 1. The predicted molar refractivity (Wildman–Crippen MR) is 86.9 cm³/mol. The van der Waals surface area contributed by atoms with Gasteiger partial charge in [-0.2, -0.15) is 0 Å². The van der Waals surface area contributed by atoms with Gasteiger partial charge < -0.3 is 10.0 Å². The minimum absolute atomic E-state index is 0.373. The van der Waals surface area contributed by atoms with Crippen LogP contribution in [0.4, 0.5) is 5.69 Å². The van der Waals surface area contributed by atoms with E-state index in [9.17, 15) is 4.79 Å². The molecule has 2 aromatic carbocycles. The molecule has 0 bridgehead atoms. The number of rotatable bonds is 3. The molecular weight excluding hydrogens is 330 g/mol. The summed E-state index contributed by atoms with van der Waals surface area (Å²) in [7, 11) is 0. The van der Waals surface area contributed by atoms with E-state index in [0.29, 0.717) is 5.56 Å². The maximum Gasteiger partial charge on any atom is 0.335 e. The zero-order chi connectivity index (χ0) is 14.8. The van der Waals surface area contributed by atoms with Crippen molar-refractivity contribution in [2.45, 2.75) is 19.4 Å². The van der Waals surface area contributed by atoms with Crippen LogP contribution < -0.4 is 4.90 Å². The lowest BCUT2D eigenvalue weighted by Gasteiger charge is -2.31. The summed E-state index contributed by atoms with van der Waals surface area (Å²) >= 11 is 3.50. The van der Waals surface area contributed by atoms with Gasteiger partial charge in [-0.25, -0.2) is 4.79 Å². The number of aryl methyl sites for hydroxylation is 1. The minimum atomic E-state index is -0.859. The van der Waals surface area contributed by atoms with Crippen molar-refractivity contribution in [2.75, 3.05) is 11.4 Å². The average Bonchev–Trinajstić information content (AvgIpc) is 2.47. The first-order valence-corrected chi connectivity index (χ1v) is 7.78. The van der Waals surface area contributed by atoms with E-state index in [2.05, 4.69) is 33.0 Å². The molecule has 108 valence electrons. The van der Waals surface area contributed by atoms with E-state index in [4.69, 9.17) is 5.11 Å². The first-order chi connectivity index (χ1) is 10.1. The second-order valence-corrected chi connectivity index (χ2v) is 6.22. The quantitative estimate of drug-likeness (QED) is 0.910. The van der Waals surface area contributed by atoms with Gasteiger partial charge >= 0.3 is 5.97 Å². The van der Waals surface area contributed by atoms with Crippen molar-refractivity contribution in [3.63, 3.8) is 0 Å². The van der Waals surface area contributed by atoms with Crippen molar-refractivity contribution < 1.29 is 9.90 Å². The Labute approximate surface area is 132 Å². The molecule has 0 unspecified atom stereocenters. The van der Waals surface area contributed by atoms with Crippen LogP contribution in [0.1, 0.15) is 27.9 Å². The van der Waals surface area contributed by atoms with E-state index in [-0.39, 0.29) is 0 Å². The largest absolute Gasteiger partial charge is 0.478 e. The molecule has 1 heterocycles. The molecule has 0 saturated carbocycles. The van der Waals surface area contributed by atoms with Gasteiger partial charge in [0.15, 0.2) is 0 Å². The monoisotopic (exact) mass is 345 g/mol. The van der Waals surface area contributed by atoms with Crippen LogP contribution in [-0.4, -0.2) is 17.6 Å². The Morgan fingerprint density at radius 2 is 2.10 bits per heavy atom. The standard InChI is InChI=1S/C17H16BrNO2/c18-15-5-1-3-12(9-15)11-19-8-2-4-13-10-14(17(20)21)6-7-16(13)19/h1,3,5-7,9-10H,2,4,8,11H2,(H,20,21). The number of carboxylic acid groups (broad SMARTS) is 1. The summed E-state index contributed by atoms with van der Waals surface area (Å²) in [6.07, 6.45) is 2.01. The fourth-order valence-corrected chi connectivity index (χ4v) is 3.27. The smallest absolute Gasteiger partial charge is 0.335 e. The first kappa shape index (κ1) is 14.1. The lowest BCUT2D eigenvalue weighted by molar-refractivity contribution is 0.0697. The van der Waals surface area contributed by atoms with E-state index < -0.39 is 5.97 Å². The second kappa shape index (κ2) is 5.90. The van der Waals surface area contributed by atoms with Gasteiger partial charge in [0, 0.05) is 23.2 Å². The Kier molecular flexibility index (Phi) is 3.97. The van der Waals surface area contributed by atoms with E-state index in [1.807, 2.05) is 24.3 Å². The second-order valence-electron chi connectivity index (χ2n) is 5.30. The lowest BCUT2D eigenvalue weighted by atomic mass is 9.98. The number of fused-ring (bicyclic) bond motifs is 1. The van der Waals surface area contributed by atoms with Gasteiger partial charge in [0.2, 0.25) is 0 Å². The molecule has 1 N–H and O–H groups in total. The molecule has 0 aromatic heterocycles. The SMILES string of the molecule is O=C(O)c1ccc2c(c1)CCCN2Cc1cccc(Br)c1. The van der Waals surface area contributed by atoms with Crippen molar-refractivity contribution in [1.29, 1.82) is 0 Å². The Bertz CT molecular complexity index is 684. The molecule has 2 aromatic rings. The van der Waals surface area contributed by atoms with E-state index in [1.54, 1.807) is 6.07 Å². The molecule has 0 atom stereocenters. The molecule has 4 heteroatoms. The molecule has 0 spiro atoms. The highest BCUT2D eigenvalue weighted by Gasteiger charge is 2.18. The molecule has 3 rings (SSSR count). The molecule has 0 fully saturated rings. The van der Waals surface area contributed by atoms with Gasteiger partial charge in [0.1, 0.15) is 0 Å². The zero-order valence-corrected chi connectivity index (χ0v) is 13.1. The van der Waals surface area contributed by atoms with Gasteiger partial charge in [-0.15, -0.1) is 0 Å². The molecule has 0 amide bonds. The van der Waals surface area contributed by atoms with Crippen molar-refractivity contribution in [2.24, 2.45) is 0 Å². The molecule has 3 nitrogen and oxygen atoms in total. The van der Waals surface area contributed by atoms with Crippen molar-refractivity contribution in [3.8, 4) is 0 Å². The van der Waals surface area contributed by atoms with E-state index >= 15 is 0 Å². The van der Waals surface area contributed by atoms with Crippen molar-refractivity contribution >= 4 is 27.6 Å². The maximum atomic E-state index is 11.1. The van der Waals surface area contributed by atoms with E-state index in [1.165, 1.54) is 5.56 Å². The van der Waals surface area contributed by atoms with Crippen LogP contribution in [0.5, 0.6) is 0 Å². The van der Waals surface area contributed by atoms with Crippen LogP contribution in [0.3, 0.4) is 0 Å². The van der Waals surface area contributed by atoms with Gasteiger partial charge in [-0.1, -0.05) is 28.1 Å². The van der Waals surface area contributed by atoms with Crippen LogP contribution in [0, 0.1) is 0 Å². The van der Waals surface area contributed by atoms with Crippen LogP contribution in [0.2, 0.25) is 0 Å². The first-order valence-electron chi connectivity index (χ1n) is 6.99. The summed E-state index contributed by atoms with van der Waals surface area (Å²) in [5.41, 5.74) is 3.92. The maximum absolute atomic E-state index is 11.1. The highest BCUT2D eigenvalue weighted by Crippen LogP contribution is 2.29. The molecule has 1 aliphatic rings. The highest BCUT2D eigenvalue weighted by atomic mass is 79.9. The van der Waals surface area contributed by atoms with Crippen LogP contribution in [-0.2, 0) is 13.0 Å². The van der Waals surface area contributed by atoms with Crippen molar-refractivity contribution in [1.82, 2.24) is 0 Å². The lowest BCUT2D eigenvalue weighted by Crippen LogP contribution is -2.29. The molecule has 1 aliphatic heterocycles. The summed E-state index contributed by atoms with van der Waals surface area (Å²) < 4.78 is 1.08. The third-order valence-corrected chi connectivity index (χ3v) is 4.30. The summed E-state index contributed by atoms with van der Waals surface area (Å²) in [6, 6.07) is 13.7. The normalized spacial score (nSPS) is 13.9. The number of hydrogen-bond acceptors (Lipinski definition) is 2. The number of nitrogens with zero attached hydrogens (tertiary/aromatic N) is 1. The number of benzene rings is 2. The Morgan fingerprint density at radius 3 is 2.86 bits per heavy atom. The summed E-state index contributed by atoms with van der Waals surface area (Å²) in [4.78, 5) is 13.4. The van der Waals surface area contributed by atoms with Crippen LogP contribution >= 0.6 is 15.9 Å². The molecule has 0 saturated heterocycles. The fourth-order valence-electron chi connectivity index (χ4n) is 2.83. The summed E-state index contributed by atoms with van der Waals surface area (Å²) in [6.45, 7) is 1.85. The van der Waals surface area contributed by atoms with Crippen LogP contribution in [0.15, 0.2) is 46.9 Å². The third kappa shape index (κ3) is 3.10. The van der Waals surface area contributed by atoms with Crippen LogP contribution in [0.25, 0.3) is 0 Å². The van der Waals surface area contributed by atoms with Gasteiger partial charge in [0.05, 0.1) is 5.56 Å². The van der Waals surface area contributed by atoms with Gasteiger partial charge in [-0.05, 0) is 54.3 Å². The summed E-state index contributed by atoms with van der Waals surface area (Å²) in [5.74, 6) is -0.859.